The van der Waals surface area contributed by atoms with Gasteiger partial charge in [0.2, 0.25) is 0 Å². The number of benzene rings is 2. The van der Waals surface area contributed by atoms with Crippen molar-refractivity contribution in [3.8, 4) is 0 Å². The molecule has 0 amide bonds. The summed E-state index contributed by atoms with van der Waals surface area (Å²) in [7, 11) is 0. The molecule has 0 saturated carbocycles. The Bertz CT molecular complexity index is 649. The van der Waals surface area contributed by atoms with Crippen LogP contribution in [0.15, 0.2) is 48.5 Å². The van der Waals surface area contributed by atoms with Crippen LogP contribution < -0.4 is 0 Å². The zero-order chi connectivity index (χ0) is 17.7. The van der Waals surface area contributed by atoms with Crippen molar-refractivity contribution in [2.24, 2.45) is 0 Å². The lowest BCUT2D eigenvalue weighted by Crippen LogP contribution is -2.50. The average molecular weight is 347 g/mol. The third-order valence-electron chi connectivity index (χ3n) is 4.80. The lowest BCUT2D eigenvalue weighted by atomic mass is 9.74. The molecule has 1 atom stereocenters. The van der Waals surface area contributed by atoms with Crippen molar-refractivity contribution in [1.82, 2.24) is 4.90 Å². The van der Waals surface area contributed by atoms with Crippen LogP contribution in [0.2, 0.25) is 5.02 Å². The minimum Gasteiger partial charge on any atom is -0.293 e. The fourth-order valence-electron chi connectivity index (χ4n) is 3.61. The topological polar surface area (TPSA) is 3.24 Å². The van der Waals surface area contributed by atoms with Crippen molar-refractivity contribution in [3.63, 3.8) is 0 Å². The van der Waals surface area contributed by atoms with Gasteiger partial charge in [0.1, 0.15) is 5.82 Å². The Morgan fingerprint density at radius 3 is 2.17 bits per heavy atom. The molecule has 0 N–H and O–H groups in total. The van der Waals surface area contributed by atoms with Gasteiger partial charge < -0.3 is 0 Å². The van der Waals surface area contributed by atoms with Gasteiger partial charge in [0, 0.05) is 5.02 Å². The number of rotatable bonds is 7. The first kappa shape index (κ1) is 19.0. The molecule has 24 heavy (non-hydrogen) atoms. The van der Waals surface area contributed by atoms with Gasteiger partial charge in [0.25, 0.3) is 0 Å². The molecule has 0 bridgehead atoms. The largest absolute Gasteiger partial charge is 0.293 e. The molecule has 2 rings (SSSR count). The van der Waals surface area contributed by atoms with Crippen LogP contribution in [0, 0.1) is 11.7 Å². The van der Waals surface area contributed by atoms with E-state index in [4.69, 9.17) is 11.6 Å². The minimum absolute atomic E-state index is 0.205. The van der Waals surface area contributed by atoms with E-state index in [9.17, 15) is 4.39 Å². The highest BCUT2D eigenvalue weighted by molar-refractivity contribution is 6.30. The van der Waals surface area contributed by atoms with E-state index in [-0.39, 0.29) is 11.4 Å². The van der Waals surface area contributed by atoms with Gasteiger partial charge in [-0.3, -0.25) is 4.90 Å². The molecule has 0 aliphatic rings. The first-order valence-electron chi connectivity index (χ1n) is 8.50. The van der Waals surface area contributed by atoms with Crippen LogP contribution in [-0.2, 0) is 12.0 Å². The molecule has 1 unspecified atom stereocenters. The number of likely N-dealkylation sites (N-methyl/N-ethyl adjacent to an activating group) is 1. The van der Waals surface area contributed by atoms with E-state index in [0.29, 0.717) is 0 Å². The van der Waals surface area contributed by atoms with Gasteiger partial charge >= 0.3 is 0 Å². The van der Waals surface area contributed by atoms with Crippen LogP contribution in [0.3, 0.4) is 0 Å². The van der Waals surface area contributed by atoms with Crippen LogP contribution in [0.5, 0.6) is 0 Å². The molecule has 0 spiro atoms. The van der Waals surface area contributed by atoms with Gasteiger partial charge in [-0.1, -0.05) is 63.6 Å². The van der Waals surface area contributed by atoms with Crippen molar-refractivity contribution in [3.05, 3.63) is 76.4 Å². The second kappa shape index (κ2) is 8.13. The van der Waals surface area contributed by atoms with Gasteiger partial charge in [0.05, 0.1) is 5.54 Å². The summed E-state index contributed by atoms with van der Waals surface area (Å²) >= 11 is 6.20. The molecule has 2 aromatic rings. The van der Waals surface area contributed by atoms with Gasteiger partial charge in [-0.25, -0.2) is 4.39 Å². The molecule has 0 aliphatic carbocycles. The fourth-order valence-corrected chi connectivity index (χ4v) is 3.82. The van der Waals surface area contributed by atoms with Crippen LogP contribution in [0.25, 0.3) is 0 Å². The maximum absolute atomic E-state index is 13.5. The third-order valence-corrected chi connectivity index (χ3v) is 5.04. The van der Waals surface area contributed by atoms with Gasteiger partial charge in [-0.15, -0.1) is 0 Å². The minimum atomic E-state index is -0.276. The van der Waals surface area contributed by atoms with Crippen molar-refractivity contribution in [1.29, 1.82) is 0 Å². The normalized spacial score (nSPS) is 14.2. The van der Waals surface area contributed by atoms with Gasteiger partial charge in [-0.2, -0.15) is 0 Å². The first-order valence-corrected chi connectivity index (χ1v) is 8.88. The zero-order valence-electron chi connectivity index (χ0n) is 14.9. The highest BCUT2D eigenvalue weighted by Gasteiger charge is 2.40. The molecule has 0 aliphatic heterocycles. The van der Waals surface area contributed by atoms with Crippen LogP contribution in [0.1, 0.15) is 38.8 Å². The Hall–Kier alpha value is -1.38. The van der Waals surface area contributed by atoms with E-state index in [2.05, 4.69) is 38.7 Å². The van der Waals surface area contributed by atoms with Crippen LogP contribution in [0.4, 0.5) is 4.39 Å². The molecule has 129 valence electrons. The van der Waals surface area contributed by atoms with Crippen LogP contribution in [-0.4, -0.2) is 18.0 Å². The Kier molecular flexibility index (Phi) is 6.42. The summed E-state index contributed by atoms with van der Waals surface area (Å²) in [5, 5.41) is 0.744. The second-order valence-electron chi connectivity index (χ2n) is 6.35. The predicted octanol–water partition coefficient (Wildman–Crippen LogP) is 5.87. The quantitative estimate of drug-likeness (QED) is 0.605. The fraction of sp³-hybridized carbons (Fsp3) is 0.381. The molecule has 2 aromatic carbocycles. The van der Waals surface area contributed by atoms with E-state index in [0.717, 1.165) is 30.1 Å². The Labute approximate surface area is 150 Å². The predicted molar refractivity (Wildman–Crippen MR) is 101 cm³/mol. The standard InChI is InChI=1S/C21H26ClFN/c1-5-24(6-2)21(16(3)4,18-10-12-20(23)13-11-18)15-17-8-7-9-19(22)14-17/h7-14H,5-6,15H2,1-4H3. The highest BCUT2D eigenvalue weighted by atomic mass is 35.5. The summed E-state index contributed by atoms with van der Waals surface area (Å²) in [6, 6.07) is 14.9. The Morgan fingerprint density at radius 1 is 1.04 bits per heavy atom. The summed E-state index contributed by atoms with van der Waals surface area (Å²) in [5.74, 6) is 1.08. The molecule has 0 aromatic heterocycles. The van der Waals surface area contributed by atoms with E-state index >= 15 is 0 Å². The summed E-state index contributed by atoms with van der Waals surface area (Å²) in [5.41, 5.74) is 2.02. The molecule has 0 fully saturated rings. The van der Waals surface area contributed by atoms with Crippen molar-refractivity contribution in [2.75, 3.05) is 13.1 Å². The molecule has 0 heterocycles. The summed E-state index contributed by atoms with van der Waals surface area (Å²) in [6.07, 6.45) is 0.809. The number of nitrogens with zero attached hydrogens (tertiary/aromatic N) is 1. The van der Waals surface area contributed by atoms with Gasteiger partial charge in [-0.05, 0) is 60.8 Å². The number of hydrogen-bond acceptors (Lipinski definition) is 1. The zero-order valence-corrected chi connectivity index (χ0v) is 15.7. The maximum Gasteiger partial charge on any atom is 0.123 e. The Balaban J connectivity index is 2.59. The molecular formula is C21H26ClFN. The van der Waals surface area contributed by atoms with E-state index in [1.54, 1.807) is 12.1 Å². The lowest BCUT2D eigenvalue weighted by molar-refractivity contribution is 0.111. The molecule has 1 radical (unpaired) electrons. The van der Waals surface area contributed by atoms with E-state index in [1.165, 1.54) is 11.5 Å². The van der Waals surface area contributed by atoms with E-state index in [1.807, 2.05) is 30.3 Å². The molecule has 1 nitrogen and oxygen atoms in total. The molecule has 3 heteroatoms. The van der Waals surface area contributed by atoms with Crippen molar-refractivity contribution >= 4 is 11.6 Å². The average Bonchev–Trinajstić information content (AvgIpc) is 2.55. The Morgan fingerprint density at radius 2 is 1.67 bits per heavy atom. The summed E-state index contributed by atoms with van der Waals surface area (Å²) < 4.78 is 13.5. The van der Waals surface area contributed by atoms with Crippen LogP contribution >= 0.6 is 11.6 Å². The van der Waals surface area contributed by atoms with Crippen molar-refractivity contribution < 1.29 is 4.39 Å². The smallest absolute Gasteiger partial charge is 0.123 e. The molecule has 0 saturated heterocycles. The monoisotopic (exact) mass is 346 g/mol. The lowest BCUT2D eigenvalue weighted by Gasteiger charge is -2.47. The number of halogens is 2. The summed E-state index contributed by atoms with van der Waals surface area (Å²) in [6.45, 7) is 10.5. The number of hydrogen-bond donors (Lipinski definition) is 0. The van der Waals surface area contributed by atoms with Crippen molar-refractivity contribution in [2.45, 2.75) is 39.7 Å². The summed E-state index contributed by atoms with van der Waals surface area (Å²) in [4.78, 5) is 2.44. The molecular weight excluding hydrogens is 321 g/mol. The third kappa shape index (κ3) is 3.81. The second-order valence-corrected chi connectivity index (χ2v) is 6.78. The highest BCUT2D eigenvalue weighted by Crippen LogP contribution is 2.40. The maximum atomic E-state index is 13.5. The van der Waals surface area contributed by atoms with Gasteiger partial charge in [0.15, 0.2) is 0 Å². The SMILES string of the molecule is CCN(CC)C(Cc1cccc(Cl)c1)([C](C)C)c1ccc(F)cc1. The first-order chi connectivity index (χ1) is 11.4. The van der Waals surface area contributed by atoms with E-state index < -0.39 is 0 Å².